The van der Waals surface area contributed by atoms with E-state index < -0.39 is 11.7 Å². The largest absolute Gasteiger partial charge is 0.399 e. The zero-order valence-corrected chi connectivity index (χ0v) is 11.4. The first-order chi connectivity index (χ1) is 9.49. The van der Waals surface area contributed by atoms with E-state index in [0.717, 1.165) is 5.82 Å². The number of rotatable bonds is 4. The van der Waals surface area contributed by atoms with Crippen molar-refractivity contribution in [1.29, 1.82) is 0 Å². The summed E-state index contributed by atoms with van der Waals surface area (Å²) >= 11 is 0. The molecule has 1 amide bonds. The predicted molar refractivity (Wildman–Crippen MR) is 72.6 cm³/mol. The van der Waals surface area contributed by atoms with Crippen LogP contribution in [0.15, 0.2) is 18.5 Å². The van der Waals surface area contributed by atoms with Gasteiger partial charge in [-0.05, 0) is 24.6 Å². The van der Waals surface area contributed by atoms with Crippen molar-refractivity contribution in [2.24, 2.45) is 7.05 Å². The molecule has 0 unspecified atom stereocenters. The molecule has 0 radical (unpaired) electrons. The van der Waals surface area contributed by atoms with Crippen LogP contribution in [0.2, 0.25) is 0 Å². The van der Waals surface area contributed by atoms with Crippen LogP contribution in [0.1, 0.15) is 21.7 Å². The fraction of sp³-hybridized carbons (Fsp3) is 0.308. The van der Waals surface area contributed by atoms with Gasteiger partial charge >= 0.3 is 0 Å². The molecule has 0 saturated carbocycles. The summed E-state index contributed by atoms with van der Waals surface area (Å²) in [7, 11) is 1.82. The second-order valence-corrected chi connectivity index (χ2v) is 4.56. The van der Waals surface area contributed by atoms with E-state index in [-0.39, 0.29) is 5.56 Å². The minimum Gasteiger partial charge on any atom is -0.399 e. The molecule has 0 saturated heterocycles. The van der Waals surface area contributed by atoms with Gasteiger partial charge in [0.1, 0.15) is 18.0 Å². The van der Waals surface area contributed by atoms with Crippen molar-refractivity contribution in [2.45, 2.75) is 13.3 Å². The van der Waals surface area contributed by atoms with E-state index in [0.29, 0.717) is 24.2 Å². The lowest BCUT2D eigenvalue weighted by atomic mass is 10.1. The Bertz CT molecular complexity index is 638. The van der Waals surface area contributed by atoms with Gasteiger partial charge in [0, 0.05) is 25.7 Å². The Morgan fingerprint density at radius 3 is 2.90 bits per heavy atom. The number of halogens is 1. The molecule has 0 aliphatic rings. The van der Waals surface area contributed by atoms with Gasteiger partial charge in [-0.2, -0.15) is 0 Å². The third-order valence-corrected chi connectivity index (χ3v) is 2.96. The maximum atomic E-state index is 13.9. The van der Waals surface area contributed by atoms with Gasteiger partial charge in [0.25, 0.3) is 5.91 Å². The summed E-state index contributed by atoms with van der Waals surface area (Å²) in [5.41, 5.74) is 6.30. The lowest BCUT2D eigenvalue weighted by Crippen LogP contribution is -2.27. The van der Waals surface area contributed by atoms with Crippen LogP contribution >= 0.6 is 0 Å². The number of hydrogen-bond acceptors (Lipinski definition) is 4. The minimum absolute atomic E-state index is 0.0412. The van der Waals surface area contributed by atoms with Gasteiger partial charge in [0.05, 0.1) is 5.56 Å². The Balaban J connectivity index is 2.01. The molecule has 0 aliphatic carbocycles. The average molecular weight is 277 g/mol. The Morgan fingerprint density at radius 2 is 2.25 bits per heavy atom. The fourth-order valence-corrected chi connectivity index (χ4v) is 1.88. The topological polar surface area (TPSA) is 85.8 Å². The number of aryl methyl sites for hydroxylation is 2. The molecule has 6 nitrogen and oxygen atoms in total. The number of nitrogens with zero attached hydrogens (tertiary/aromatic N) is 3. The molecular formula is C13H16FN5O. The van der Waals surface area contributed by atoms with Gasteiger partial charge in [-0.1, -0.05) is 0 Å². The SMILES string of the molecule is Cc1cc(N)cc(C(=O)NCCc2nncn2C)c1F. The number of nitrogens with two attached hydrogens (primary N) is 1. The summed E-state index contributed by atoms with van der Waals surface area (Å²) in [6.45, 7) is 1.92. The molecule has 0 atom stereocenters. The molecule has 0 aliphatic heterocycles. The van der Waals surface area contributed by atoms with Crippen LogP contribution in [0.5, 0.6) is 0 Å². The predicted octanol–water partition coefficient (Wildman–Crippen LogP) is 0.817. The van der Waals surface area contributed by atoms with Gasteiger partial charge in [-0.15, -0.1) is 10.2 Å². The summed E-state index contributed by atoms with van der Waals surface area (Å²) in [4.78, 5) is 11.9. The van der Waals surface area contributed by atoms with Crippen molar-refractivity contribution in [2.75, 3.05) is 12.3 Å². The van der Waals surface area contributed by atoms with Crippen molar-refractivity contribution in [1.82, 2.24) is 20.1 Å². The number of aromatic nitrogens is 3. The summed E-state index contributed by atoms with van der Waals surface area (Å²) in [6.07, 6.45) is 2.10. The van der Waals surface area contributed by atoms with Gasteiger partial charge in [-0.25, -0.2) is 4.39 Å². The second kappa shape index (κ2) is 5.68. The molecule has 1 heterocycles. The third kappa shape index (κ3) is 2.93. The standard InChI is InChI=1S/C13H16FN5O/c1-8-5-9(15)6-10(12(8)14)13(20)16-4-3-11-18-17-7-19(11)2/h5-7H,3-4,15H2,1-2H3,(H,16,20). The Labute approximate surface area is 115 Å². The van der Waals surface area contributed by atoms with E-state index in [1.165, 1.54) is 12.1 Å². The first-order valence-electron chi connectivity index (χ1n) is 6.15. The lowest BCUT2D eigenvalue weighted by molar-refractivity contribution is 0.0949. The van der Waals surface area contributed by atoms with Crippen LogP contribution in [0, 0.1) is 12.7 Å². The van der Waals surface area contributed by atoms with Crippen LogP contribution in [0.4, 0.5) is 10.1 Å². The highest BCUT2D eigenvalue weighted by Crippen LogP contribution is 2.16. The quantitative estimate of drug-likeness (QED) is 0.810. The maximum Gasteiger partial charge on any atom is 0.254 e. The van der Waals surface area contributed by atoms with Crippen LogP contribution in [-0.2, 0) is 13.5 Å². The van der Waals surface area contributed by atoms with E-state index in [9.17, 15) is 9.18 Å². The number of hydrogen-bond donors (Lipinski definition) is 2. The molecule has 1 aromatic carbocycles. The van der Waals surface area contributed by atoms with Crippen molar-refractivity contribution in [3.05, 3.63) is 41.2 Å². The number of nitrogens with one attached hydrogen (secondary N) is 1. The Morgan fingerprint density at radius 1 is 1.50 bits per heavy atom. The molecule has 1 aromatic heterocycles. The number of anilines is 1. The number of carbonyl (C=O) groups is 1. The number of carbonyl (C=O) groups excluding carboxylic acids is 1. The lowest BCUT2D eigenvalue weighted by Gasteiger charge is -2.08. The monoisotopic (exact) mass is 277 g/mol. The highest BCUT2D eigenvalue weighted by atomic mass is 19.1. The van der Waals surface area contributed by atoms with Crippen molar-refractivity contribution < 1.29 is 9.18 Å². The third-order valence-electron chi connectivity index (χ3n) is 2.96. The summed E-state index contributed by atoms with van der Waals surface area (Å²) in [5.74, 6) is -0.287. The van der Waals surface area contributed by atoms with Crippen molar-refractivity contribution >= 4 is 11.6 Å². The molecule has 2 rings (SSSR count). The Hall–Kier alpha value is -2.44. The average Bonchev–Trinajstić information content (AvgIpc) is 2.79. The van der Waals surface area contributed by atoms with Crippen molar-refractivity contribution in [3.8, 4) is 0 Å². The first-order valence-corrected chi connectivity index (χ1v) is 6.15. The normalized spacial score (nSPS) is 10.6. The molecular weight excluding hydrogens is 261 g/mol. The highest BCUT2D eigenvalue weighted by molar-refractivity contribution is 5.95. The van der Waals surface area contributed by atoms with E-state index in [2.05, 4.69) is 15.5 Å². The van der Waals surface area contributed by atoms with Crippen LogP contribution in [0.3, 0.4) is 0 Å². The number of benzene rings is 1. The van der Waals surface area contributed by atoms with E-state index in [1.54, 1.807) is 17.8 Å². The van der Waals surface area contributed by atoms with Crippen molar-refractivity contribution in [3.63, 3.8) is 0 Å². The number of nitrogen functional groups attached to an aromatic ring is 1. The zero-order chi connectivity index (χ0) is 14.7. The summed E-state index contributed by atoms with van der Waals surface area (Å²) < 4.78 is 15.6. The Kier molecular flexibility index (Phi) is 3.97. The minimum atomic E-state index is -0.546. The molecule has 0 spiro atoms. The number of amides is 1. The van der Waals surface area contributed by atoms with E-state index in [4.69, 9.17) is 5.73 Å². The van der Waals surface area contributed by atoms with Gasteiger partial charge in [0.15, 0.2) is 0 Å². The molecule has 2 aromatic rings. The second-order valence-electron chi connectivity index (χ2n) is 4.56. The van der Waals surface area contributed by atoms with Crippen LogP contribution in [0.25, 0.3) is 0 Å². The van der Waals surface area contributed by atoms with E-state index in [1.807, 2.05) is 7.05 Å². The van der Waals surface area contributed by atoms with Gasteiger partial charge in [0.2, 0.25) is 0 Å². The van der Waals surface area contributed by atoms with Crippen LogP contribution < -0.4 is 11.1 Å². The zero-order valence-electron chi connectivity index (χ0n) is 11.4. The molecule has 0 bridgehead atoms. The van der Waals surface area contributed by atoms with Crippen LogP contribution in [-0.4, -0.2) is 27.2 Å². The maximum absolute atomic E-state index is 13.9. The highest BCUT2D eigenvalue weighted by Gasteiger charge is 2.14. The molecule has 7 heteroatoms. The fourth-order valence-electron chi connectivity index (χ4n) is 1.88. The molecule has 0 fully saturated rings. The first kappa shape index (κ1) is 14.0. The van der Waals surface area contributed by atoms with E-state index >= 15 is 0 Å². The summed E-state index contributed by atoms with van der Waals surface area (Å²) in [5, 5.41) is 10.3. The molecule has 106 valence electrons. The molecule has 3 N–H and O–H groups in total. The molecule has 20 heavy (non-hydrogen) atoms. The summed E-state index contributed by atoms with van der Waals surface area (Å²) in [6, 6.07) is 2.83. The van der Waals surface area contributed by atoms with Gasteiger partial charge < -0.3 is 15.6 Å². The van der Waals surface area contributed by atoms with Gasteiger partial charge in [-0.3, -0.25) is 4.79 Å². The smallest absolute Gasteiger partial charge is 0.254 e.